The maximum absolute atomic E-state index is 11.8. The highest BCUT2D eigenvalue weighted by molar-refractivity contribution is 14.1. The van der Waals surface area contributed by atoms with Gasteiger partial charge in [0.1, 0.15) is 6.33 Å². The van der Waals surface area contributed by atoms with Crippen LogP contribution >= 0.6 is 22.6 Å². The number of carboxylic acids is 1. The molecule has 1 aromatic heterocycles. The van der Waals surface area contributed by atoms with Crippen molar-refractivity contribution in [3.63, 3.8) is 0 Å². The molecule has 0 bridgehead atoms. The molecule has 0 atom stereocenters. The van der Waals surface area contributed by atoms with Crippen LogP contribution in [0.4, 0.5) is 10.5 Å². The van der Waals surface area contributed by atoms with Crippen molar-refractivity contribution in [3.8, 4) is 0 Å². The average Bonchev–Trinajstić information content (AvgIpc) is 2.84. The van der Waals surface area contributed by atoms with Gasteiger partial charge in [-0.15, -0.1) is 0 Å². The first kappa shape index (κ1) is 15.2. The molecule has 8 nitrogen and oxygen atoms in total. The van der Waals surface area contributed by atoms with Crippen molar-refractivity contribution in [2.24, 2.45) is 7.05 Å². The molecule has 0 unspecified atom stereocenters. The Morgan fingerprint density at radius 1 is 1.43 bits per heavy atom. The lowest BCUT2D eigenvalue weighted by molar-refractivity contribution is 0.0698. The standard InChI is InChI=1S/C12H12IN5O3/c1-18-6-15-10(17-18)5-14-12(21)16-9-3-2-7(13)4-8(9)11(19)20/h2-4,6H,5H2,1H3,(H,19,20)(H2,14,16,21). The summed E-state index contributed by atoms with van der Waals surface area (Å²) in [6.07, 6.45) is 1.52. The summed E-state index contributed by atoms with van der Waals surface area (Å²) in [6, 6.07) is 4.22. The number of benzene rings is 1. The van der Waals surface area contributed by atoms with Gasteiger partial charge in [0.2, 0.25) is 0 Å². The number of aryl methyl sites for hydroxylation is 1. The lowest BCUT2D eigenvalue weighted by Crippen LogP contribution is -2.29. The van der Waals surface area contributed by atoms with Crippen LogP contribution in [-0.2, 0) is 13.6 Å². The summed E-state index contributed by atoms with van der Waals surface area (Å²) in [4.78, 5) is 26.9. The number of carbonyl (C=O) groups is 2. The lowest BCUT2D eigenvalue weighted by atomic mass is 10.2. The number of aromatic nitrogens is 3. The molecule has 0 saturated carbocycles. The Hall–Kier alpha value is -2.17. The largest absolute Gasteiger partial charge is 0.478 e. The quantitative estimate of drug-likeness (QED) is 0.672. The van der Waals surface area contributed by atoms with Crippen molar-refractivity contribution >= 4 is 40.3 Å². The molecule has 1 aromatic carbocycles. The van der Waals surface area contributed by atoms with Crippen LogP contribution < -0.4 is 10.6 Å². The van der Waals surface area contributed by atoms with Crippen molar-refractivity contribution in [1.82, 2.24) is 20.1 Å². The SMILES string of the molecule is Cn1cnc(CNC(=O)Nc2ccc(I)cc2C(=O)O)n1. The lowest BCUT2D eigenvalue weighted by Gasteiger charge is -2.09. The molecule has 0 fully saturated rings. The Balaban J connectivity index is 2.01. The first-order chi connectivity index (χ1) is 9.95. The summed E-state index contributed by atoms with van der Waals surface area (Å²) in [7, 11) is 1.72. The molecule has 3 N–H and O–H groups in total. The third-order valence-electron chi connectivity index (χ3n) is 2.51. The molecule has 0 radical (unpaired) electrons. The van der Waals surface area contributed by atoms with Crippen LogP contribution in [-0.4, -0.2) is 31.9 Å². The second kappa shape index (κ2) is 6.52. The summed E-state index contributed by atoms with van der Waals surface area (Å²) < 4.78 is 2.30. The van der Waals surface area contributed by atoms with E-state index >= 15 is 0 Å². The van der Waals surface area contributed by atoms with E-state index in [1.165, 1.54) is 17.1 Å². The van der Waals surface area contributed by atoms with E-state index in [-0.39, 0.29) is 17.8 Å². The van der Waals surface area contributed by atoms with Gasteiger partial charge in [0.15, 0.2) is 5.82 Å². The van der Waals surface area contributed by atoms with Crippen LogP contribution in [0.25, 0.3) is 0 Å². The number of halogens is 1. The van der Waals surface area contributed by atoms with E-state index in [0.29, 0.717) is 5.82 Å². The van der Waals surface area contributed by atoms with Gasteiger partial charge in [-0.2, -0.15) is 5.10 Å². The minimum atomic E-state index is -1.10. The third kappa shape index (κ3) is 4.15. The number of urea groups is 1. The maximum Gasteiger partial charge on any atom is 0.337 e. The molecule has 1 heterocycles. The Bertz CT molecular complexity index is 685. The molecular formula is C12H12IN5O3. The van der Waals surface area contributed by atoms with Gasteiger partial charge in [-0.25, -0.2) is 14.6 Å². The third-order valence-corrected chi connectivity index (χ3v) is 3.19. The molecule has 0 spiro atoms. The summed E-state index contributed by atoms with van der Waals surface area (Å²) in [5.74, 6) is -0.635. The molecule has 110 valence electrons. The Morgan fingerprint density at radius 2 is 2.19 bits per heavy atom. The van der Waals surface area contributed by atoms with E-state index in [9.17, 15) is 9.59 Å². The average molecular weight is 401 g/mol. The molecule has 9 heteroatoms. The van der Waals surface area contributed by atoms with E-state index < -0.39 is 12.0 Å². The highest BCUT2D eigenvalue weighted by Gasteiger charge is 2.13. The van der Waals surface area contributed by atoms with Gasteiger partial charge in [0.25, 0.3) is 0 Å². The summed E-state index contributed by atoms with van der Waals surface area (Å²) in [6.45, 7) is 0.152. The second-order valence-corrected chi connectivity index (χ2v) is 5.38. The van der Waals surface area contributed by atoms with Crippen LogP contribution in [0.3, 0.4) is 0 Å². The molecule has 2 aromatic rings. The number of anilines is 1. The molecule has 21 heavy (non-hydrogen) atoms. The maximum atomic E-state index is 11.8. The number of hydrogen-bond donors (Lipinski definition) is 3. The molecule has 0 saturated heterocycles. The van der Waals surface area contributed by atoms with E-state index in [1.807, 2.05) is 22.6 Å². The minimum absolute atomic E-state index is 0.0352. The Labute approximate surface area is 133 Å². The number of hydrogen-bond acceptors (Lipinski definition) is 4. The number of nitrogens with zero attached hydrogens (tertiary/aromatic N) is 3. The van der Waals surface area contributed by atoms with Crippen molar-refractivity contribution in [3.05, 3.63) is 39.5 Å². The number of carboxylic acid groups (broad SMARTS) is 1. The van der Waals surface area contributed by atoms with Crippen molar-refractivity contribution < 1.29 is 14.7 Å². The van der Waals surface area contributed by atoms with Gasteiger partial charge in [0, 0.05) is 10.6 Å². The molecule has 2 amide bonds. The fourth-order valence-corrected chi connectivity index (χ4v) is 2.08. The molecular weight excluding hydrogens is 389 g/mol. The van der Waals surface area contributed by atoms with Gasteiger partial charge in [-0.05, 0) is 40.8 Å². The number of amides is 2. The van der Waals surface area contributed by atoms with Crippen molar-refractivity contribution in [2.45, 2.75) is 6.54 Å². The number of aromatic carboxylic acids is 1. The van der Waals surface area contributed by atoms with Crippen LogP contribution in [0.5, 0.6) is 0 Å². The highest BCUT2D eigenvalue weighted by atomic mass is 127. The monoisotopic (exact) mass is 401 g/mol. The van der Waals surface area contributed by atoms with Gasteiger partial charge < -0.3 is 15.7 Å². The second-order valence-electron chi connectivity index (χ2n) is 4.14. The van der Waals surface area contributed by atoms with E-state index in [4.69, 9.17) is 5.11 Å². The number of rotatable bonds is 4. The molecule has 0 aliphatic carbocycles. The van der Waals surface area contributed by atoms with Gasteiger partial charge in [-0.3, -0.25) is 4.68 Å². The van der Waals surface area contributed by atoms with Gasteiger partial charge in [-0.1, -0.05) is 0 Å². The Morgan fingerprint density at radius 3 is 2.81 bits per heavy atom. The zero-order valence-corrected chi connectivity index (χ0v) is 13.2. The van der Waals surface area contributed by atoms with E-state index in [0.717, 1.165) is 3.57 Å². The number of nitrogens with one attached hydrogen (secondary N) is 2. The predicted octanol–water partition coefficient (Wildman–Crippen LogP) is 1.44. The van der Waals surface area contributed by atoms with Crippen LogP contribution in [0.15, 0.2) is 24.5 Å². The van der Waals surface area contributed by atoms with E-state index in [2.05, 4.69) is 20.7 Å². The van der Waals surface area contributed by atoms with Crippen LogP contribution in [0.1, 0.15) is 16.2 Å². The van der Waals surface area contributed by atoms with Crippen molar-refractivity contribution in [1.29, 1.82) is 0 Å². The summed E-state index contributed by atoms with van der Waals surface area (Å²) in [5, 5.41) is 18.2. The van der Waals surface area contributed by atoms with Crippen molar-refractivity contribution in [2.75, 3.05) is 5.32 Å². The van der Waals surface area contributed by atoms with E-state index in [1.54, 1.807) is 19.2 Å². The Kier molecular flexibility index (Phi) is 4.73. The first-order valence-corrected chi connectivity index (χ1v) is 6.96. The fourth-order valence-electron chi connectivity index (χ4n) is 1.59. The summed E-state index contributed by atoms with van der Waals surface area (Å²) >= 11 is 2.01. The number of carbonyl (C=O) groups excluding carboxylic acids is 1. The van der Waals surface area contributed by atoms with Gasteiger partial charge >= 0.3 is 12.0 Å². The van der Waals surface area contributed by atoms with Crippen LogP contribution in [0, 0.1) is 3.57 Å². The van der Waals surface area contributed by atoms with Gasteiger partial charge in [0.05, 0.1) is 17.8 Å². The topological polar surface area (TPSA) is 109 Å². The normalized spacial score (nSPS) is 10.2. The zero-order valence-electron chi connectivity index (χ0n) is 11.0. The molecule has 2 rings (SSSR count). The fraction of sp³-hybridized carbons (Fsp3) is 0.167. The molecule has 0 aliphatic heterocycles. The highest BCUT2D eigenvalue weighted by Crippen LogP contribution is 2.18. The predicted molar refractivity (Wildman–Crippen MR) is 83.0 cm³/mol. The minimum Gasteiger partial charge on any atom is -0.478 e. The smallest absolute Gasteiger partial charge is 0.337 e. The molecule has 0 aliphatic rings. The zero-order chi connectivity index (χ0) is 15.4. The van der Waals surface area contributed by atoms with Crippen LogP contribution in [0.2, 0.25) is 0 Å². The summed E-state index contributed by atoms with van der Waals surface area (Å²) in [5.41, 5.74) is 0.266. The first-order valence-electron chi connectivity index (χ1n) is 5.88.